The number of nitrogens with zero attached hydrogens (tertiary/aromatic N) is 1. The molecule has 0 saturated heterocycles. The van der Waals surface area contributed by atoms with Gasteiger partial charge in [-0.05, 0) is 45.0 Å². The fourth-order valence-electron chi connectivity index (χ4n) is 1.73. The predicted octanol–water partition coefficient (Wildman–Crippen LogP) is 5.77. The third-order valence-electron chi connectivity index (χ3n) is 2.65. The molecule has 1 amide bonds. The van der Waals surface area contributed by atoms with E-state index in [-0.39, 0.29) is 0 Å². The largest absolute Gasteiger partial charge is 0.455 e. The van der Waals surface area contributed by atoms with Crippen molar-refractivity contribution in [3.8, 4) is 11.3 Å². The van der Waals surface area contributed by atoms with Crippen LogP contribution in [0.2, 0.25) is 15.1 Å². The number of nitrogens with one attached hydrogen (secondary N) is 1. The molecular weight excluding hydrogens is 375 g/mol. The van der Waals surface area contributed by atoms with E-state index in [1.54, 1.807) is 45.0 Å². The smallest absolute Gasteiger partial charge is 0.428 e. The minimum Gasteiger partial charge on any atom is -0.455 e. The molecule has 0 aliphatic heterocycles. The molecule has 1 heterocycles. The summed E-state index contributed by atoms with van der Waals surface area (Å²) >= 11 is 18.0. The van der Waals surface area contributed by atoms with Crippen LogP contribution in [0.3, 0.4) is 0 Å². The number of furan rings is 1. The maximum absolute atomic E-state index is 11.5. The maximum Gasteiger partial charge on any atom is 0.428 e. The molecule has 0 bridgehead atoms. The van der Waals surface area contributed by atoms with Gasteiger partial charge in [-0.15, -0.1) is 0 Å². The van der Waals surface area contributed by atoms with Crippen molar-refractivity contribution in [1.82, 2.24) is 5.43 Å². The molecule has 0 aliphatic rings. The van der Waals surface area contributed by atoms with Crippen molar-refractivity contribution in [3.63, 3.8) is 0 Å². The molecular formula is C16H15Cl3N2O3. The Kier molecular flexibility index (Phi) is 5.80. The predicted molar refractivity (Wildman–Crippen MR) is 96.1 cm³/mol. The number of rotatable bonds is 3. The van der Waals surface area contributed by atoms with Crippen LogP contribution in [0.25, 0.3) is 11.3 Å². The topological polar surface area (TPSA) is 63.8 Å². The molecule has 0 radical (unpaired) electrons. The molecule has 0 atom stereocenters. The minimum absolute atomic E-state index is 0.361. The van der Waals surface area contributed by atoms with Crippen LogP contribution in [0, 0.1) is 0 Å². The molecule has 1 aromatic carbocycles. The highest BCUT2D eigenvalue weighted by Gasteiger charge is 2.15. The summed E-state index contributed by atoms with van der Waals surface area (Å²) in [5.41, 5.74) is 2.26. The molecule has 128 valence electrons. The van der Waals surface area contributed by atoms with E-state index in [9.17, 15) is 4.79 Å². The lowest BCUT2D eigenvalue weighted by molar-refractivity contribution is 0.0529. The number of amides is 1. The molecule has 0 aliphatic carbocycles. The van der Waals surface area contributed by atoms with Crippen LogP contribution in [0.1, 0.15) is 26.5 Å². The number of halogens is 3. The average molecular weight is 390 g/mol. The van der Waals surface area contributed by atoms with Gasteiger partial charge in [-0.1, -0.05) is 34.8 Å². The average Bonchev–Trinajstić information content (AvgIpc) is 2.89. The summed E-state index contributed by atoms with van der Waals surface area (Å²) in [6.45, 7) is 5.28. The lowest BCUT2D eigenvalue weighted by Gasteiger charge is -2.18. The molecule has 8 heteroatoms. The van der Waals surface area contributed by atoms with Crippen LogP contribution in [-0.4, -0.2) is 17.9 Å². The highest BCUT2D eigenvalue weighted by Crippen LogP contribution is 2.35. The summed E-state index contributed by atoms with van der Waals surface area (Å²) in [6, 6.07) is 6.54. The maximum atomic E-state index is 11.5. The second kappa shape index (κ2) is 7.47. The lowest BCUT2D eigenvalue weighted by atomic mass is 10.2. The van der Waals surface area contributed by atoms with Gasteiger partial charge < -0.3 is 9.15 Å². The Morgan fingerprint density at radius 1 is 1.17 bits per heavy atom. The molecule has 2 aromatic rings. The lowest BCUT2D eigenvalue weighted by Crippen LogP contribution is -2.29. The summed E-state index contributed by atoms with van der Waals surface area (Å²) in [4.78, 5) is 11.5. The minimum atomic E-state index is -0.655. The fourth-order valence-corrected chi connectivity index (χ4v) is 2.37. The first-order valence-corrected chi connectivity index (χ1v) is 8.06. The van der Waals surface area contributed by atoms with E-state index in [1.165, 1.54) is 6.21 Å². The number of benzene rings is 1. The molecule has 0 unspecified atom stereocenters. The number of hydrogen-bond donors (Lipinski definition) is 1. The number of carbonyl (C=O) groups excluding carboxylic acids is 1. The third kappa shape index (κ3) is 5.16. The monoisotopic (exact) mass is 388 g/mol. The number of hydrazone groups is 1. The van der Waals surface area contributed by atoms with Crippen molar-refractivity contribution in [2.75, 3.05) is 0 Å². The van der Waals surface area contributed by atoms with E-state index in [1.807, 2.05) is 0 Å². The Morgan fingerprint density at radius 3 is 2.50 bits per heavy atom. The van der Waals surface area contributed by atoms with Crippen LogP contribution in [0.4, 0.5) is 4.79 Å². The fraction of sp³-hybridized carbons (Fsp3) is 0.250. The van der Waals surface area contributed by atoms with E-state index in [0.29, 0.717) is 32.2 Å². The summed E-state index contributed by atoms with van der Waals surface area (Å²) in [7, 11) is 0. The van der Waals surface area contributed by atoms with Gasteiger partial charge in [0.25, 0.3) is 0 Å². The Morgan fingerprint density at radius 2 is 1.83 bits per heavy atom. The van der Waals surface area contributed by atoms with Gasteiger partial charge in [0.15, 0.2) is 0 Å². The molecule has 0 saturated carbocycles. The molecule has 2 rings (SSSR count). The number of carbonyl (C=O) groups is 1. The van der Waals surface area contributed by atoms with Crippen molar-refractivity contribution >= 4 is 47.1 Å². The van der Waals surface area contributed by atoms with Crippen LogP contribution < -0.4 is 5.43 Å². The first kappa shape index (κ1) is 18.6. The van der Waals surface area contributed by atoms with Gasteiger partial charge >= 0.3 is 6.09 Å². The highest BCUT2D eigenvalue weighted by atomic mass is 35.5. The van der Waals surface area contributed by atoms with Gasteiger partial charge in [-0.2, -0.15) is 5.10 Å². The van der Waals surface area contributed by atoms with Crippen molar-refractivity contribution in [3.05, 3.63) is 45.1 Å². The van der Waals surface area contributed by atoms with Crippen LogP contribution in [0.5, 0.6) is 0 Å². The summed E-state index contributed by atoms with van der Waals surface area (Å²) in [5, 5.41) is 4.91. The summed E-state index contributed by atoms with van der Waals surface area (Å²) in [6.07, 6.45) is 0.692. The van der Waals surface area contributed by atoms with Crippen LogP contribution in [0.15, 0.2) is 33.8 Å². The molecule has 24 heavy (non-hydrogen) atoms. The van der Waals surface area contributed by atoms with Crippen molar-refractivity contribution in [2.24, 2.45) is 5.10 Å². The van der Waals surface area contributed by atoms with E-state index < -0.39 is 11.7 Å². The zero-order valence-electron chi connectivity index (χ0n) is 13.2. The van der Waals surface area contributed by atoms with Gasteiger partial charge in [0.1, 0.15) is 17.1 Å². The normalized spacial score (nSPS) is 11.8. The second-order valence-corrected chi connectivity index (χ2v) is 7.04. The van der Waals surface area contributed by atoms with Crippen LogP contribution in [-0.2, 0) is 4.74 Å². The zero-order chi connectivity index (χ0) is 17.9. The molecule has 0 fully saturated rings. The van der Waals surface area contributed by atoms with Crippen LogP contribution >= 0.6 is 34.8 Å². The van der Waals surface area contributed by atoms with E-state index >= 15 is 0 Å². The zero-order valence-corrected chi connectivity index (χ0v) is 15.5. The number of hydrogen-bond acceptors (Lipinski definition) is 4. The summed E-state index contributed by atoms with van der Waals surface area (Å²) in [5.74, 6) is 0.917. The van der Waals surface area contributed by atoms with Gasteiger partial charge in [-0.3, -0.25) is 0 Å². The van der Waals surface area contributed by atoms with Crippen molar-refractivity contribution < 1.29 is 13.9 Å². The first-order valence-electron chi connectivity index (χ1n) is 6.92. The van der Waals surface area contributed by atoms with Gasteiger partial charge in [0, 0.05) is 5.56 Å². The first-order chi connectivity index (χ1) is 11.2. The molecule has 1 N–H and O–H groups in total. The standard InChI is InChI=1S/C16H15Cl3N2O3/c1-16(2,3)24-15(22)21-20-8-9-4-5-14(23-9)10-6-12(18)13(19)7-11(10)17/h4-8H,1-3H3,(H,21,22)/b20-8+. The Bertz CT molecular complexity index is 779. The van der Waals surface area contributed by atoms with E-state index in [4.69, 9.17) is 44.0 Å². The van der Waals surface area contributed by atoms with E-state index in [2.05, 4.69) is 10.5 Å². The molecule has 1 aromatic heterocycles. The van der Waals surface area contributed by atoms with Crippen molar-refractivity contribution in [1.29, 1.82) is 0 Å². The van der Waals surface area contributed by atoms with Gasteiger partial charge in [0.05, 0.1) is 21.3 Å². The van der Waals surface area contributed by atoms with Gasteiger partial charge in [-0.25, -0.2) is 10.2 Å². The Labute approximate surface area is 154 Å². The Hall–Kier alpha value is -1.69. The second-order valence-electron chi connectivity index (χ2n) is 5.82. The third-order valence-corrected chi connectivity index (χ3v) is 3.68. The quantitative estimate of drug-likeness (QED) is 0.412. The molecule has 5 nitrogen and oxygen atoms in total. The van der Waals surface area contributed by atoms with E-state index in [0.717, 1.165) is 0 Å². The van der Waals surface area contributed by atoms with Gasteiger partial charge in [0.2, 0.25) is 0 Å². The SMILES string of the molecule is CC(C)(C)OC(=O)N/N=C/c1ccc(-c2cc(Cl)c(Cl)cc2Cl)o1. The highest BCUT2D eigenvalue weighted by molar-refractivity contribution is 6.44. The van der Waals surface area contributed by atoms with Crippen molar-refractivity contribution in [2.45, 2.75) is 26.4 Å². The number of ether oxygens (including phenoxy) is 1. The Balaban J connectivity index is 2.07. The molecule has 0 spiro atoms. The summed E-state index contributed by atoms with van der Waals surface area (Å²) < 4.78 is 10.7.